The lowest BCUT2D eigenvalue weighted by Gasteiger charge is -2.05. The van der Waals surface area contributed by atoms with E-state index < -0.39 is 0 Å². The highest BCUT2D eigenvalue weighted by Crippen LogP contribution is 2.11. The molecule has 0 aliphatic rings. The van der Waals surface area contributed by atoms with Gasteiger partial charge in [-0.3, -0.25) is 4.98 Å². The Labute approximate surface area is 73.3 Å². The number of aromatic nitrogens is 1. The van der Waals surface area contributed by atoms with E-state index in [9.17, 15) is 0 Å². The van der Waals surface area contributed by atoms with Crippen molar-refractivity contribution in [1.29, 1.82) is 0 Å². The molecule has 2 heteroatoms. The van der Waals surface area contributed by atoms with Crippen LogP contribution in [0.15, 0.2) is 12.3 Å². The fourth-order valence-electron chi connectivity index (χ4n) is 1.29. The average molecular weight is 165 g/mol. The summed E-state index contributed by atoms with van der Waals surface area (Å²) in [5.41, 5.74) is 3.16. The topological polar surface area (TPSA) is 33.1 Å². The van der Waals surface area contributed by atoms with Crippen molar-refractivity contribution in [2.75, 3.05) is 0 Å². The van der Waals surface area contributed by atoms with Gasteiger partial charge in [0, 0.05) is 11.9 Å². The van der Waals surface area contributed by atoms with Gasteiger partial charge in [0.15, 0.2) is 0 Å². The molecular weight excluding hydrogens is 150 g/mol. The zero-order chi connectivity index (χ0) is 8.97. The number of hydrogen-bond donors (Lipinski definition) is 1. The van der Waals surface area contributed by atoms with Crippen molar-refractivity contribution in [3.8, 4) is 0 Å². The third-order valence-electron chi connectivity index (χ3n) is 1.91. The summed E-state index contributed by atoms with van der Waals surface area (Å²) in [6.07, 6.45) is 3.96. The van der Waals surface area contributed by atoms with Gasteiger partial charge in [0.25, 0.3) is 0 Å². The van der Waals surface area contributed by atoms with E-state index in [-0.39, 0.29) is 6.61 Å². The summed E-state index contributed by atoms with van der Waals surface area (Å²) >= 11 is 0. The van der Waals surface area contributed by atoms with Crippen LogP contribution in [0.3, 0.4) is 0 Å². The molecule has 1 heterocycles. The number of rotatable bonds is 3. The summed E-state index contributed by atoms with van der Waals surface area (Å²) in [6, 6.07) is 1.95. The molecule has 0 atom stereocenters. The highest BCUT2D eigenvalue weighted by molar-refractivity contribution is 5.25. The van der Waals surface area contributed by atoms with Crippen LogP contribution in [0.4, 0.5) is 0 Å². The highest BCUT2D eigenvalue weighted by atomic mass is 16.3. The Morgan fingerprint density at radius 3 is 2.75 bits per heavy atom. The zero-order valence-corrected chi connectivity index (χ0v) is 7.67. The smallest absolute Gasteiger partial charge is 0.0685 e. The maximum atomic E-state index is 9.04. The van der Waals surface area contributed by atoms with E-state index in [0.29, 0.717) is 0 Å². The molecular formula is C10H15NO. The number of aliphatic hydroxyl groups is 1. The molecule has 0 fully saturated rings. The Kier molecular flexibility index (Phi) is 3.23. The Morgan fingerprint density at radius 1 is 1.42 bits per heavy atom. The lowest BCUT2D eigenvalue weighted by Crippen LogP contribution is -1.96. The van der Waals surface area contributed by atoms with Crippen LogP contribution in [0.5, 0.6) is 0 Å². The second kappa shape index (κ2) is 4.21. The van der Waals surface area contributed by atoms with Crippen LogP contribution in [0.1, 0.15) is 30.2 Å². The van der Waals surface area contributed by atoms with E-state index in [1.165, 1.54) is 5.56 Å². The lowest BCUT2D eigenvalue weighted by atomic mass is 10.1. The first-order chi connectivity index (χ1) is 5.77. The fraction of sp³-hybridized carbons (Fsp3) is 0.500. The monoisotopic (exact) mass is 165 g/mol. The van der Waals surface area contributed by atoms with E-state index in [1.807, 2.05) is 19.2 Å². The first kappa shape index (κ1) is 9.20. The molecule has 0 amide bonds. The third kappa shape index (κ3) is 2.05. The van der Waals surface area contributed by atoms with Crippen LogP contribution in [-0.4, -0.2) is 10.1 Å². The zero-order valence-electron chi connectivity index (χ0n) is 7.67. The summed E-state index contributed by atoms with van der Waals surface area (Å²) in [5.74, 6) is 0. The van der Waals surface area contributed by atoms with Crippen LogP contribution in [0.2, 0.25) is 0 Å². The minimum Gasteiger partial charge on any atom is -0.392 e. The van der Waals surface area contributed by atoms with Crippen molar-refractivity contribution >= 4 is 0 Å². The molecule has 66 valence electrons. The molecule has 0 bridgehead atoms. The van der Waals surface area contributed by atoms with Crippen molar-refractivity contribution in [3.05, 3.63) is 29.1 Å². The predicted octanol–water partition coefficient (Wildman–Crippen LogP) is 1.83. The number of aryl methyl sites for hydroxylation is 2. The normalized spacial score (nSPS) is 10.2. The minimum absolute atomic E-state index is 0.124. The number of hydrogen-bond acceptors (Lipinski definition) is 2. The Hall–Kier alpha value is -0.890. The summed E-state index contributed by atoms with van der Waals surface area (Å²) in [7, 11) is 0. The molecule has 1 aromatic heterocycles. The van der Waals surface area contributed by atoms with Gasteiger partial charge in [-0.25, -0.2) is 0 Å². The van der Waals surface area contributed by atoms with Crippen molar-refractivity contribution < 1.29 is 5.11 Å². The Balaban J connectivity index is 2.94. The van der Waals surface area contributed by atoms with Gasteiger partial charge < -0.3 is 5.11 Å². The highest BCUT2D eigenvalue weighted by Gasteiger charge is 2.00. The van der Waals surface area contributed by atoms with Gasteiger partial charge in [0.05, 0.1) is 6.61 Å². The lowest BCUT2D eigenvalue weighted by molar-refractivity contribution is 0.280. The molecule has 1 aromatic rings. The van der Waals surface area contributed by atoms with Gasteiger partial charge in [-0.2, -0.15) is 0 Å². The van der Waals surface area contributed by atoms with Crippen molar-refractivity contribution in [2.45, 2.75) is 33.3 Å². The molecule has 1 rings (SSSR count). The van der Waals surface area contributed by atoms with Gasteiger partial charge in [0.2, 0.25) is 0 Å². The molecule has 0 aliphatic heterocycles. The van der Waals surface area contributed by atoms with Crippen LogP contribution < -0.4 is 0 Å². The van der Waals surface area contributed by atoms with Gasteiger partial charge in [0.1, 0.15) is 0 Å². The molecule has 0 aromatic carbocycles. The SMILES string of the molecule is CCCc1cnc(C)cc1CO. The van der Waals surface area contributed by atoms with Gasteiger partial charge in [-0.1, -0.05) is 13.3 Å². The van der Waals surface area contributed by atoms with E-state index >= 15 is 0 Å². The maximum absolute atomic E-state index is 9.04. The molecule has 2 nitrogen and oxygen atoms in total. The summed E-state index contributed by atoms with van der Waals surface area (Å²) in [5, 5.41) is 9.04. The number of nitrogens with zero attached hydrogens (tertiary/aromatic N) is 1. The van der Waals surface area contributed by atoms with Crippen molar-refractivity contribution in [3.63, 3.8) is 0 Å². The van der Waals surface area contributed by atoms with Crippen LogP contribution in [0, 0.1) is 6.92 Å². The largest absolute Gasteiger partial charge is 0.392 e. The van der Waals surface area contributed by atoms with Gasteiger partial charge in [-0.05, 0) is 30.5 Å². The first-order valence-electron chi connectivity index (χ1n) is 4.33. The van der Waals surface area contributed by atoms with Crippen molar-refractivity contribution in [2.24, 2.45) is 0 Å². The predicted molar refractivity (Wildman–Crippen MR) is 48.9 cm³/mol. The van der Waals surface area contributed by atoms with Crippen LogP contribution in [0.25, 0.3) is 0 Å². The molecule has 1 N–H and O–H groups in total. The Morgan fingerprint density at radius 2 is 2.17 bits per heavy atom. The third-order valence-corrected chi connectivity index (χ3v) is 1.91. The maximum Gasteiger partial charge on any atom is 0.0685 e. The molecule has 0 saturated heterocycles. The molecule has 0 aliphatic carbocycles. The van der Waals surface area contributed by atoms with E-state index in [0.717, 1.165) is 24.1 Å². The minimum atomic E-state index is 0.124. The first-order valence-corrected chi connectivity index (χ1v) is 4.33. The Bertz CT molecular complexity index is 258. The standard InChI is InChI=1S/C10H15NO/c1-3-4-9-6-11-8(2)5-10(9)7-12/h5-6,12H,3-4,7H2,1-2H3. The molecule has 0 saturated carbocycles. The number of pyridine rings is 1. The molecule has 12 heavy (non-hydrogen) atoms. The number of aliphatic hydroxyl groups excluding tert-OH is 1. The fourth-order valence-corrected chi connectivity index (χ4v) is 1.29. The van der Waals surface area contributed by atoms with Crippen LogP contribution >= 0.6 is 0 Å². The van der Waals surface area contributed by atoms with E-state index in [1.54, 1.807) is 0 Å². The molecule has 0 radical (unpaired) electrons. The summed E-state index contributed by atoms with van der Waals surface area (Å²) < 4.78 is 0. The van der Waals surface area contributed by atoms with Gasteiger partial charge >= 0.3 is 0 Å². The van der Waals surface area contributed by atoms with Crippen molar-refractivity contribution in [1.82, 2.24) is 4.98 Å². The molecule has 0 unspecified atom stereocenters. The van der Waals surface area contributed by atoms with Crippen LogP contribution in [-0.2, 0) is 13.0 Å². The van der Waals surface area contributed by atoms with E-state index in [2.05, 4.69) is 11.9 Å². The molecule has 0 spiro atoms. The van der Waals surface area contributed by atoms with E-state index in [4.69, 9.17) is 5.11 Å². The average Bonchev–Trinajstić information content (AvgIpc) is 2.08. The second-order valence-electron chi connectivity index (χ2n) is 3.00. The quantitative estimate of drug-likeness (QED) is 0.741. The summed E-state index contributed by atoms with van der Waals surface area (Å²) in [6.45, 7) is 4.19. The second-order valence-corrected chi connectivity index (χ2v) is 3.00. The summed E-state index contributed by atoms with van der Waals surface area (Å²) in [4.78, 5) is 4.20. The van der Waals surface area contributed by atoms with Gasteiger partial charge in [-0.15, -0.1) is 0 Å².